The number of hydrogen-bond acceptors (Lipinski definition) is 4. The molecule has 0 bridgehead atoms. The molecule has 0 rings (SSSR count). The molecule has 5 heteroatoms. The molecule has 4 N–H and O–H groups in total. The third-order valence-electron chi connectivity index (χ3n) is 0.889. The molecule has 0 aliphatic carbocycles. The number of nitrogens with one attached hydrogen (secondary N) is 1. The molecule has 0 saturated heterocycles. The molecule has 0 aromatic carbocycles. The van der Waals surface area contributed by atoms with E-state index in [0.29, 0.717) is 0 Å². The Balaban J connectivity index is 0. The van der Waals surface area contributed by atoms with E-state index >= 15 is 0 Å². The van der Waals surface area contributed by atoms with E-state index in [0.717, 1.165) is 0 Å². The molecule has 74 valence electrons. The third kappa shape index (κ3) is 9.35. The molecule has 0 spiro atoms. The van der Waals surface area contributed by atoms with Gasteiger partial charge in [0.05, 0.1) is 12.7 Å². The zero-order chi connectivity index (χ0) is 9.98. The Hall–Kier alpha value is -0.650. The van der Waals surface area contributed by atoms with Crippen LogP contribution >= 0.6 is 0 Å². The van der Waals surface area contributed by atoms with Gasteiger partial charge in [0.2, 0.25) is 5.91 Å². The normalized spacial score (nSPS) is 11.1. The zero-order valence-corrected chi connectivity index (χ0v) is 7.45. The second-order valence-corrected chi connectivity index (χ2v) is 1.80. The number of aliphatic hydroxyl groups is 3. The van der Waals surface area contributed by atoms with Crippen LogP contribution in [-0.4, -0.2) is 47.1 Å². The SMILES string of the molecule is CC.O=C(CO)NCC(O)CO. The van der Waals surface area contributed by atoms with Gasteiger partial charge in [0, 0.05) is 6.54 Å². The number of hydrogen-bond donors (Lipinski definition) is 4. The van der Waals surface area contributed by atoms with Crippen molar-refractivity contribution in [1.82, 2.24) is 5.32 Å². The molecule has 0 aliphatic rings. The van der Waals surface area contributed by atoms with E-state index in [4.69, 9.17) is 15.3 Å². The van der Waals surface area contributed by atoms with E-state index in [1.807, 2.05) is 13.8 Å². The van der Waals surface area contributed by atoms with Gasteiger partial charge in [-0.2, -0.15) is 0 Å². The van der Waals surface area contributed by atoms with Crippen LogP contribution in [0.1, 0.15) is 13.8 Å². The lowest BCUT2D eigenvalue weighted by Crippen LogP contribution is -2.35. The molecule has 1 unspecified atom stereocenters. The van der Waals surface area contributed by atoms with Gasteiger partial charge in [-0.3, -0.25) is 4.79 Å². The fourth-order valence-corrected chi connectivity index (χ4v) is 0.352. The van der Waals surface area contributed by atoms with E-state index in [1.54, 1.807) is 0 Å². The van der Waals surface area contributed by atoms with Crippen LogP contribution in [-0.2, 0) is 4.79 Å². The molecule has 0 aromatic heterocycles. The van der Waals surface area contributed by atoms with Gasteiger partial charge >= 0.3 is 0 Å². The van der Waals surface area contributed by atoms with Crippen molar-refractivity contribution in [3.8, 4) is 0 Å². The fourth-order valence-electron chi connectivity index (χ4n) is 0.352. The minimum absolute atomic E-state index is 0.0319. The maximum atomic E-state index is 10.3. The first-order valence-corrected chi connectivity index (χ1v) is 3.87. The summed E-state index contributed by atoms with van der Waals surface area (Å²) in [7, 11) is 0. The highest BCUT2D eigenvalue weighted by atomic mass is 16.3. The Kier molecular flexibility index (Phi) is 12.0. The molecule has 1 amide bonds. The van der Waals surface area contributed by atoms with Crippen molar-refractivity contribution in [3.63, 3.8) is 0 Å². The number of carbonyl (C=O) groups excluding carboxylic acids is 1. The van der Waals surface area contributed by atoms with Crippen LogP contribution in [0.15, 0.2) is 0 Å². The van der Waals surface area contributed by atoms with E-state index in [1.165, 1.54) is 0 Å². The van der Waals surface area contributed by atoms with E-state index in [2.05, 4.69) is 5.32 Å². The lowest BCUT2D eigenvalue weighted by atomic mass is 10.4. The van der Waals surface area contributed by atoms with E-state index in [9.17, 15) is 4.79 Å². The lowest BCUT2D eigenvalue weighted by Gasteiger charge is -2.06. The summed E-state index contributed by atoms with van der Waals surface area (Å²) in [4.78, 5) is 10.3. The van der Waals surface area contributed by atoms with E-state index in [-0.39, 0.29) is 6.54 Å². The summed E-state index contributed by atoms with van der Waals surface area (Å²) in [6, 6.07) is 0. The van der Waals surface area contributed by atoms with Crippen molar-refractivity contribution in [2.24, 2.45) is 0 Å². The maximum absolute atomic E-state index is 10.3. The fraction of sp³-hybridized carbons (Fsp3) is 0.857. The van der Waals surface area contributed by atoms with Crippen LogP contribution in [0.5, 0.6) is 0 Å². The molecular formula is C7H17NO4. The molecule has 1 atom stereocenters. The Morgan fingerprint density at radius 3 is 2.25 bits per heavy atom. The Morgan fingerprint density at radius 2 is 1.92 bits per heavy atom. The topological polar surface area (TPSA) is 89.8 Å². The van der Waals surface area contributed by atoms with Gasteiger partial charge in [0.1, 0.15) is 6.61 Å². The molecule has 0 fully saturated rings. The monoisotopic (exact) mass is 179 g/mol. The predicted octanol–water partition coefficient (Wildman–Crippen LogP) is -1.53. The average molecular weight is 179 g/mol. The summed E-state index contributed by atoms with van der Waals surface area (Å²) in [5.41, 5.74) is 0. The first-order chi connectivity index (χ1) is 5.70. The van der Waals surface area contributed by atoms with Crippen LogP contribution < -0.4 is 5.32 Å². The van der Waals surface area contributed by atoms with Gasteiger partial charge in [-0.25, -0.2) is 0 Å². The van der Waals surface area contributed by atoms with Gasteiger partial charge in [-0.05, 0) is 0 Å². The molecule has 0 aliphatic heterocycles. The summed E-state index contributed by atoms with van der Waals surface area (Å²) in [5, 5.41) is 27.3. The van der Waals surface area contributed by atoms with E-state index < -0.39 is 25.2 Å². The van der Waals surface area contributed by atoms with Crippen molar-refractivity contribution in [3.05, 3.63) is 0 Å². The molecule has 0 aromatic rings. The summed E-state index contributed by atoms with van der Waals surface area (Å²) in [6.07, 6.45) is -0.949. The highest BCUT2D eigenvalue weighted by Crippen LogP contribution is 1.75. The standard InChI is InChI=1S/C5H11NO4.C2H6/c7-2-4(9)1-6-5(10)3-8;1-2/h4,7-9H,1-3H2,(H,6,10);1-2H3. The average Bonchev–Trinajstić information content (AvgIpc) is 2.16. The Morgan fingerprint density at radius 1 is 1.42 bits per heavy atom. The van der Waals surface area contributed by atoms with Gasteiger partial charge in [-0.15, -0.1) is 0 Å². The molecule has 12 heavy (non-hydrogen) atoms. The molecule has 5 nitrogen and oxygen atoms in total. The number of aliphatic hydroxyl groups excluding tert-OH is 3. The minimum Gasteiger partial charge on any atom is -0.394 e. The second-order valence-electron chi connectivity index (χ2n) is 1.80. The lowest BCUT2D eigenvalue weighted by molar-refractivity contribution is -0.124. The smallest absolute Gasteiger partial charge is 0.245 e. The molecular weight excluding hydrogens is 162 g/mol. The van der Waals surface area contributed by atoms with Gasteiger partial charge in [0.15, 0.2) is 0 Å². The molecule has 0 radical (unpaired) electrons. The summed E-state index contributed by atoms with van der Waals surface area (Å²) < 4.78 is 0. The number of rotatable bonds is 4. The third-order valence-corrected chi connectivity index (χ3v) is 0.889. The van der Waals surface area contributed by atoms with Crippen molar-refractivity contribution in [2.75, 3.05) is 19.8 Å². The molecule has 0 heterocycles. The largest absolute Gasteiger partial charge is 0.394 e. The highest BCUT2D eigenvalue weighted by molar-refractivity contribution is 5.76. The van der Waals surface area contributed by atoms with Crippen molar-refractivity contribution >= 4 is 5.91 Å². The van der Waals surface area contributed by atoms with Crippen LogP contribution in [0.2, 0.25) is 0 Å². The Labute approximate surface area is 72.0 Å². The summed E-state index contributed by atoms with van der Waals surface area (Å²) >= 11 is 0. The van der Waals surface area contributed by atoms with Crippen LogP contribution in [0.25, 0.3) is 0 Å². The number of carbonyl (C=O) groups is 1. The van der Waals surface area contributed by atoms with Crippen LogP contribution in [0.4, 0.5) is 0 Å². The van der Waals surface area contributed by atoms with Crippen molar-refractivity contribution in [2.45, 2.75) is 20.0 Å². The van der Waals surface area contributed by atoms with Gasteiger partial charge in [-0.1, -0.05) is 13.8 Å². The van der Waals surface area contributed by atoms with Crippen molar-refractivity contribution < 1.29 is 20.1 Å². The van der Waals surface area contributed by atoms with Crippen molar-refractivity contribution in [1.29, 1.82) is 0 Å². The molecule has 0 saturated carbocycles. The quantitative estimate of drug-likeness (QED) is 0.421. The predicted molar refractivity (Wildman–Crippen MR) is 44.5 cm³/mol. The maximum Gasteiger partial charge on any atom is 0.245 e. The minimum atomic E-state index is -0.949. The summed E-state index contributed by atoms with van der Waals surface area (Å²) in [5.74, 6) is -0.562. The zero-order valence-electron chi connectivity index (χ0n) is 7.45. The Bertz CT molecular complexity index is 108. The first-order valence-electron chi connectivity index (χ1n) is 3.87. The van der Waals surface area contributed by atoms with Crippen LogP contribution in [0, 0.1) is 0 Å². The number of amides is 1. The van der Waals surface area contributed by atoms with Crippen LogP contribution in [0.3, 0.4) is 0 Å². The van der Waals surface area contributed by atoms with Gasteiger partial charge in [0.25, 0.3) is 0 Å². The first kappa shape index (κ1) is 13.9. The second kappa shape index (κ2) is 10.3. The summed E-state index contributed by atoms with van der Waals surface area (Å²) in [6.45, 7) is 2.97. The highest BCUT2D eigenvalue weighted by Gasteiger charge is 2.02. The van der Waals surface area contributed by atoms with Gasteiger partial charge < -0.3 is 20.6 Å².